The SMILES string of the molecule is C.C.CCC(=O)Cl.CCC(=O)n1nc(-c2cc(C(C)C)c(C)cc2OCc2ccccc2)n(-c2ccc3c(ccn3C)c2)c1=O.CCC(=O)n1nc(-c2cc(C(C)C)c(O)cc2O)n(-c2ccc3c(ccn3C)c2)c1=O.Cc1cc(OCc2ccccc2)c(-c2n[nH]c(=O)n2-c2ccc3c(ccn3C)c2)cc1C(C)C. The van der Waals surface area contributed by atoms with E-state index in [1.54, 1.807) is 37.5 Å². The normalized spacial score (nSPS) is 11.1. The molecule has 0 aliphatic carbocycles. The standard InChI is InChI=1S/C31H32N4O3.C28H28N4O2.C23H24N4O4.C3H5ClO.2CH4/c1-6-29(36)35-31(37)34(24-12-13-27-23(17-24)14-15-33(27)5)30(32-35)26-18-25(20(2)3)21(4)16-28(26)38-19-22-10-8-7-9-11-22;1-18(2)23-16-24(26(14-19(23)3)34-17-20-8-6-5-7-9-20)27-29-30-28(33)32(27)22-10-11-25-21(15-22)12-13-31(25)4;1-5-21(30)27-23(31)26(15-6-7-18-14(10-15)8-9-25(18)4)22(24-27)17-11-16(13(2)3)19(28)12-20(17)29;1-2-3(4)5;;/h7-18,20H,6,19H2,1-5H3;5-16,18H,17H2,1-4H3,(H,30,33);6-13,28-29H,5H2,1-4H3;2H2,1H3;2*1H4. The Morgan fingerprint density at radius 1 is 0.455 bits per heavy atom. The average Bonchev–Trinajstić information content (AvgIpc) is 1.60. The van der Waals surface area contributed by atoms with Crippen LogP contribution in [0.5, 0.6) is 23.0 Å². The number of rotatable bonds is 18. The number of phenols is 2. The van der Waals surface area contributed by atoms with Crippen LogP contribution < -0.4 is 26.5 Å². The molecule has 3 N–H and O–H groups in total. The number of ether oxygens (including phenoxy) is 2. The molecule has 0 saturated heterocycles. The highest BCUT2D eigenvalue weighted by Gasteiger charge is 2.28. The zero-order chi connectivity index (χ0) is 77.5. The number of nitrogens with zero attached hydrogens (tertiary/aromatic N) is 11. The van der Waals surface area contributed by atoms with Crippen LogP contribution in [0, 0.1) is 13.8 Å². The van der Waals surface area contributed by atoms with Crippen LogP contribution in [0.4, 0.5) is 0 Å². The highest BCUT2D eigenvalue weighted by atomic mass is 35.5. The summed E-state index contributed by atoms with van der Waals surface area (Å²) in [6, 6.07) is 54.3. The topological polar surface area (TPSA) is 255 Å². The number of fused-ring (bicyclic) bond motifs is 3. The third-order valence-corrected chi connectivity index (χ3v) is 19.2. The molecular formula is C87H97ClN12O10. The largest absolute Gasteiger partial charge is 0.508 e. The maximum atomic E-state index is 13.7. The predicted molar refractivity (Wildman–Crippen MR) is 439 cm³/mol. The fraction of sp³-hybridized carbons (Fsp3) is 0.276. The van der Waals surface area contributed by atoms with Gasteiger partial charge in [-0.25, -0.2) is 33.2 Å². The molecule has 0 bridgehead atoms. The number of hydrogen-bond donors (Lipinski definition) is 3. The molecule has 23 heteroatoms. The summed E-state index contributed by atoms with van der Waals surface area (Å²) in [6.07, 6.45) is 6.61. The monoisotopic (exact) mass is 1500 g/mol. The number of carbonyl (C=O) groups excluding carboxylic acids is 3. The number of aromatic nitrogens is 12. The van der Waals surface area contributed by atoms with Gasteiger partial charge in [-0.3, -0.25) is 14.4 Å². The fourth-order valence-electron chi connectivity index (χ4n) is 13.0. The summed E-state index contributed by atoms with van der Waals surface area (Å²) in [4.78, 5) is 74.5. The van der Waals surface area contributed by atoms with Gasteiger partial charge in [0.2, 0.25) is 5.24 Å². The van der Waals surface area contributed by atoms with Gasteiger partial charge in [0.05, 0.1) is 33.8 Å². The molecule has 14 rings (SSSR count). The summed E-state index contributed by atoms with van der Waals surface area (Å²) in [5.74, 6) is 1.80. The smallest absolute Gasteiger partial charge is 0.358 e. The van der Waals surface area contributed by atoms with E-state index in [0.29, 0.717) is 71.2 Å². The maximum absolute atomic E-state index is 13.7. The van der Waals surface area contributed by atoms with Crippen LogP contribution >= 0.6 is 11.6 Å². The number of hydrogen-bond acceptors (Lipinski definition) is 13. The summed E-state index contributed by atoms with van der Waals surface area (Å²) in [6.45, 7) is 22.4. The van der Waals surface area contributed by atoms with Gasteiger partial charge < -0.3 is 33.4 Å². The summed E-state index contributed by atoms with van der Waals surface area (Å²) in [5, 5.41) is 39.4. The predicted octanol–water partition coefficient (Wildman–Crippen LogP) is 18.2. The van der Waals surface area contributed by atoms with Crippen LogP contribution in [0.25, 0.3) is 83.9 Å². The Morgan fingerprint density at radius 2 is 0.818 bits per heavy atom. The highest BCUT2D eigenvalue weighted by Crippen LogP contribution is 2.40. The van der Waals surface area contributed by atoms with Crippen molar-refractivity contribution in [2.75, 3.05) is 0 Å². The quantitative estimate of drug-likeness (QED) is 0.0676. The first-order valence-corrected chi connectivity index (χ1v) is 36.3. The van der Waals surface area contributed by atoms with E-state index in [0.717, 1.165) is 81.1 Å². The zero-order valence-electron chi connectivity index (χ0n) is 63.1. The van der Waals surface area contributed by atoms with E-state index in [1.807, 2.05) is 202 Å². The molecule has 6 aromatic heterocycles. The molecule has 0 fully saturated rings. The second-order valence-electron chi connectivity index (χ2n) is 27.5. The van der Waals surface area contributed by atoms with Gasteiger partial charge in [0, 0.05) is 97.8 Å². The number of phenolic OH excluding ortho intramolecular Hbond substituents is 2. The van der Waals surface area contributed by atoms with Gasteiger partial charge in [0.25, 0.3) is 11.8 Å². The molecule has 22 nitrogen and oxygen atoms in total. The molecule has 0 atom stereocenters. The van der Waals surface area contributed by atoms with Crippen molar-refractivity contribution < 1.29 is 34.1 Å². The number of H-pyrrole nitrogens is 1. The van der Waals surface area contributed by atoms with Crippen molar-refractivity contribution >= 4 is 61.4 Å². The van der Waals surface area contributed by atoms with Crippen molar-refractivity contribution in [3.63, 3.8) is 0 Å². The minimum Gasteiger partial charge on any atom is -0.508 e. The summed E-state index contributed by atoms with van der Waals surface area (Å²) in [7, 11) is 5.92. The lowest BCUT2D eigenvalue weighted by atomic mass is 9.95. The number of carbonyl (C=O) groups is 3. The van der Waals surface area contributed by atoms with Crippen molar-refractivity contribution in [3.8, 4) is 74.2 Å². The van der Waals surface area contributed by atoms with Crippen LogP contribution in [-0.2, 0) is 39.2 Å². The van der Waals surface area contributed by atoms with E-state index in [9.17, 15) is 39.0 Å². The molecule has 0 aliphatic heterocycles. The molecular weight excluding hydrogens is 1410 g/mol. The molecule has 0 spiro atoms. The Labute approximate surface area is 644 Å². The highest BCUT2D eigenvalue weighted by molar-refractivity contribution is 6.63. The molecule has 6 heterocycles. The molecule has 8 aromatic carbocycles. The first-order chi connectivity index (χ1) is 51.7. The molecule has 0 aliphatic rings. The van der Waals surface area contributed by atoms with Gasteiger partial charge in [-0.15, -0.1) is 19.6 Å². The van der Waals surface area contributed by atoms with Crippen LogP contribution in [0.3, 0.4) is 0 Å². The van der Waals surface area contributed by atoms with E-state index >= 15 is 0 Å². The maximum Gasteiger partial charge on any atom is 0.358 e. The van der Waals surface area contributed by atoms with Gasteiger partial charge in [-0.1, -0.05) is 138 Å². The van der Waals surface area contributed by atoms with Crippen molar-refractivity contribution in [1.29, 1.82) is 0 Å². The second kappa shape index (κ2) is 35.2. The number of nitrogens with one attached hydrogen (secondary N) is 1. The van der Waals surface area contributed by atoms with Crippen molar-refractivity contribution in [2.45, 2.75) is 141 Å². The third-order valence-electron chi connectivity index (χ3n) is 18.9. The second-order valence-corrected chi connectivity index (χ2v) is 27.9. The van der Waals surface area contributed by atoms with Crippen molar-refractivity contribution in [3.05, 3.63) is 259 Å². The first-order valence-electron chi connectivity index (χ1n) is 35.9. The van der Waals surface area contributed by atoms with Gasteiger partial charge in [-0.2, -0.15) is 5.10 Å². The lowest BCUT2D eigenvalue weighted by Crippen LogP contribution is -2.28. The summed E-state index contributed by atoms with van der Waals surface area (Å²) >= 11 is 4.82. The Hall–Kier alpha value is -12.3. The van der Waals surface area contributed by atoms with Gasteiger partial charge in [0.15, 0.2) is 17.5 Å². The number of aromatic amines is 1. The van der Waals surface area contributed by atoms with E-state index in [2.05, 4.69) is 78.6 Å². The lowest BCUT2D eigenvalue weighted by Gasteiger charge is -2.18. The minimum atomic E-state index is -0.615. The molecule has 14 aromatic rings. The first kappa shape index (κ1) is 81.8. The molecule has 0 radical (unpaired) electrons. The Morgan fingerprint density at radius 3 is 1.19 bits per heavy atom. The number of halogens is 1. The number of aromatic hydroxyl groups is 2. The molecule has 0 amide bonds. The van der Waals surface area contributed by atoms with Crippen LogP contribution in [-0.4, -0.2) is 84.4 Å². The summed E-state index contributed by atoms with van der Waals surface area (Å²) in [5.41, 5.74) is 12.6. The van der Waals surface area contributed by atoms with Gasteiger partial charge >= 0.3 is 17.1 Å². The average molecular weight is 1510 g/mol. The molecule has 110 heavy (non-hydrogen) atoms. The van der Waals surface area contributed by atoms with E-state index in [1.165, 1.54) is 20.8 Å². The Bertz CT molecular complexity index is 5840. The van der Waals surface area contributed by atoms with Crippen LogP contribution in [0.2, 0.25) is 0 Å². The fourth-order valence-corrected chi connectivity index (χ4v) is 13.0. The van der Waals surface area contributed by atoms with E-state index in [4.69, 9.17) is 21.1 Å². The van der Waals surface area contributed by atoms with Crippen LogP contribution in [0.15, 0.2) is 203 Å². The van der Waals surface area contributed by atoms with Crippen molar-refractivity contribution in [1.82, 2.24) is 57.2 Å². The number of benzene rings is 8. The Balaban J connectivity index is 0.000000183. The lowest BCUT2D eigenvalue weighted by molar-refractivity contribution is -0.111. The van der Waals surface area contributed by atoms with E-state index < -0.39 is 17.3 Å². The zero-order valence-corrected chi connectivity index (χ0v) is 63.9. The molecule has 0 saturated carbocycles. The Kier molecular flexibility index (Phi) is 26.1. The van der Waals surface area contributed by atoms with Crippen molar-refractivity contribution in [2.24, 2.45) is 21.1 Å². The van der Waals surface area contributed by atoms with Gasteiger partial charge in [-0.05, 0) is 185 Å². The third kappa shape index (κ3) is 17.3. The minimum absolute atomic E-state index is 0. The molecule has 572 valence electrons. The number of aryl methyl sites for hydroxylation is 5. The summed E-state index contributed by atoms with van der Waals surface area (Å²) < 4.78 is 24.9. The van der Waals surface area contributed by atoms with Crippen LogP contribution in [0.1, 0.15) is 163 Å². The van der Waals surface area contributed by atoms with E-state index in [-0.39, 0.29) is 79.3 Å². The van der Waals surface area contributed by atoms with Gasteiger partial charge in [0.1, 0.15) is 36.2 Å². The molecule has 0 unspecified atom stereocenters.